The minimum Gasteiger partial charge on any atom is -0.456 e. The number of furan rings is 1. The molecule has 0 aliphatic heterocycles. The molecule has 9 rings (SSSR count). The maximum absolute atomic E-state index is 6.58. The van der Waals surface area contributed by atoms with Crippen LogP contribution in [-0.2, 0) is 0 Å². The zero-order valence-electron chi connectivity index (χ0n) is 25.4. The fourth-order valence-electron chi connectivity index (χ4n) is 6.65. The van der Waals surface area contributed by atoms with Crippen molar-refractivity contribution in [2.75, 3.05) is 4.90 Å². The van der Waals surface area contributed by atoms with Crippen molar-refractivity contribution in [3.05, 3.63) is 170 Å². The van der Waals surface area contributed by atoms with Gasteiger partial charge >= 0.3 is 0 Å². The SMILES string of the molecule is c1ccc(-c2ccccc2N(c2ccccc2-c2ccccc2)c2cccc3oc4cccc(-c5nc6ccccc6o5)c4c23)cc1. The highest BCUT2D eigenvalue weighted by Crippen LogP contribution is 2.49. The molecule has 0 radical (unpaired) electrons. The lowest BCUT2D eigenvalue weighted by atomic mass is 9.97. The number of hydrogen-bond donors (Lipinski definition) is 0. The van der Waals surface area contributed by atoms with E-state index in [0.29, 0.717) is 5.89 Å². The number of nitrogens with zero attached hydrogens (tertiary/aromatic N) is 2. The van der Waals surface area contributed by atoms with Crippen LogP contribution in [0.4, 0.5) is 17.1 Å². The van der Waals surface area contributed by atoms with Gasteiger partial charge in [0.05, 0.1) is 22.4 Å². The number of aromatic nitrogens is 1. The predicted molar refractivity (Wildman–Crippen MR) is 192 cm³/mol. The van der Waals surface area contributed by atoms with Crippen LogP contribution in [0.5, 0.6) is 0 Å². The van der Waals surface area contributed by atoms with Crippen LogP contribution in [0, 0.1) is 0 Å². The van der Waals surface area contributed by atoms with Crippen LogP contribution in [0.2, 0.25) is 0 Å². The average molecular weight is 605 g/mol. The molecule has 0 aliphatic carbocycles. The van der Waals surface area contributed by atoms with Gasteiger partial charge in [-0.25, -0.2) is 4.98 Å². The second-order valence-corrected chi connectivity index (χ2v) is 11.5. The number of fused-ring (bicyclic) bond motifs is 4. The van der Waals surface area contributed by atoms with Gasteiger partial charge in [-0.1, -0.05) is 121 Å². The lowest BCUT2D eigenvalue weighted by Crippen LogP contribution is -2.12. The molecular formula is C43H28N2O2. The van der Waals surface area contributed by atoms with Crippen molar-refractivity contribution in [1.82, 2.24) is 4.98 Å². The van der Waals surface area contributed by atoms with E-state index in [-0.39, 0.29) is 0 Å². The highest BCUT2D eigenvalue weighted by molar-refractivity contribution is 6.18. The molecule has 0 fully saturated rings. The van der Waals surface area contributed by atoms with Crippen molar-refractivity contribution in [3.63, 3.8) is 0 Å². The minimum absolute atomic E-state index is 0.565. The van der Waals surface area contributed by atoms with E-state index in [4.69, 9.17) is 13.8 Å². The summed E-state index contributed by atoms with van der Waals surface area (Å²) in [5, 5.41) is 1.95. The molecule has 0 saturated carbocycles. The third kappa shape index (κ3) is 4.58. The second-order valence-electron chi connectivity index (χ2n) is 11.5. The molecule has 9 aromatic rings. The molecule has 0 N–H and O–H groups in total. The van der Waals surface area contributed by atoms with E-state index in [1.165, 1.54) is 0 Å². The third-order valence-electron chi connectivity index (χ3n) is 8.73. The third-order valence-corrected chi connectivity index (χ3v) is 8.73. The number of para-hydroxylation sites is 4. The van der Waals surface area contributed by atoms with Gasteiger partial charge in [0.15, 0.2) is 5.58 Å². The Kier molecular flexibility index (Phi) is 6.43. The molecule has 0 bridgehead atoms. The number of oxazole rings is 1. The topological polar surface area (TPSA) is 42.4 Å². The largest absolute Gasteiger partial charge is 0.456 e. The van der Waals surface area contributed by atoms with Crippen LogP contribution in [0.25, 0.3) is 66.7 Å². The van der Waals surface area contributed by atoms with Gasteiger partial charge in [-0.05, 0) is 59.7 Å². The number of benzene rings is 7. The van der Waals surface area contributed by atoms with E-state index >= 15 is 0 Å². The van der Waals surface area contributed by atoms with Crippen LogP contribution >= 0.6 is 0 Å². The molecule has 0 amide bonds. The number of rotatable bonds is 6. The molecule has 0 spiro atoms. The van der Waals surface area contributed by atoms with E-state index in [2.05, 4.69) is 132 Å². The lowest BCUT2D eigenvalue weighted by molar-refractivity contribution is 0.620. The summed E-state index contributed by atoms with van der Waals surface area (Å²) >= 11 is 0. The van der Waals surface area contributed by atoms with Gasteiger partial charge in [-0.3, -0.25) is 0 Å². The van der Waals surface area contributed by atoms with Gasteiger partial charge in [-0.15, -0.1) is 0 Å². The normalized spacial score (nSPS) is 11.4. The fourth-order valence-corrected chi connectivity index (χ4v) is 6.65. The van der Waals surface area contributed by atoms with E-state index in [0.717, 1.165) is 77.9 Å². The Balaban J connectivity index is 1.38. The second kappa shape index (κ2) is 11.2. The zero-order chi connectivity index (χ0) is 31.2. The van der Waals surface area contributed by atoms with Crippen molar-refractivity contribution in [3.8, 4) is 33.7 Å². The fraction of sp³-hybridized carbons (Fsp3) is 0. The van der Waals surface area contributed by atoms with Gasteiger partial charge in [0.25, 0.3) is 0 Å². The van der Waals surface area contributed by atoms with Crippen molar-refractivity contribution in [2.45, 2.75) is 0 Å². The molecule has 4 heteroatoms. The van der Waals surface area contributed by atoms with Crippen LogP contribution < -0.4 is 4.90 Å². The quantitative estimate of drug-likeness (QED) is 0.189. The minimum atomic E-state index is 0.565. The maximum Gasteiger partial charge on any atom is 0.228 e. The maximum atomic E-state index is 6.58. The Labute approximate surface area is 271 Å². The van der Waals surface area contributed by atoms with Crippen LogP contribution in [0.15, 0.2) is 179 Å². The predicted octanol–water partition coefficient (Wildman–Crippen LogP) is 12.2. The van der Waals surface area contributed by atoms with Gasteiger partial charge in [0.2, 0.25) is 5.89 Å². The highest BCUT2D eigenvalue weighted by atomic mass is 16.3. The average Bonchev–Trinajstić information content (AvgIpc) is 3.75. The molecule has 47 heavy (non-hydrogen) atoms. The van der Waals surface area contributed by atoms with Crippen molar-refractivity contribution >= 4 is 50.1 Å². The Morgan fingerprint density at radius 2 is 0.851 bits per heavy atom. The molecule has 2 heterocycles. The summed E-state index contributed by atoms with van der Waals surface area (Å²) in [6.45, 7) is 0. The number of hydrogen-bond acceptors (Lipinski definition) is 4. The van der Waals surface area contributed by atoms with Gasteiger partial charge < -0.3 is 13.7 Å². The first-order chi connectivity index (χ1) is 23.3. The Morgan fingerprint density at radius 3 is 1.51 bits per heavy atom. The van der Waals surface area contributed by atoms with E-state index in [1.54, 1.807) is 0 Å². The summed E-state index contributed by atoms with van der Waals surface area (Å²) in [6, 6.07) is 58.6. The van der Waals surface area contributed by atoms with E-state index < -0.39 is 0 Å². The first-order valence-corrected chi connectivity index (χ1v) is 15.7. The van der Waals surface area contributed by atoms with Crippen LogP contribution in [0.3, 0.4) is 0 Å². The summed E-state index contributed by atoms with van der Waals surface area (Å²) in [5.41, 5.74) is 11.7. The van der Waals surface area contributed by atoms with Gasteiger partial charge in [0, 0.05) is 22.1 Å². The monoisotopic (exact) mass is 604 g/mol. The van der Waals surface area contributed by atoms with Gasteiger partial charge in [-0.2, -0.15) is 0 Å². The number of anilines is 3. The molecular weight excluding hydrogens is 576 g/mol. The lowest BCUT2D eigenvalue weighted by Gasteiger charge is -2.30. The van der Waals surface area contributed by atoms with Gasteiger partial charge in [0.1, 0.15) is 16.7 Å². The summed E-state index contributed by atoms with van der Waals surface area (Å²) < 4.78 is 12.9. The molecule has 0 saturated heterocycles. The first kappa shape index (κ1) is 27.0. The van der Waals surface area contributed by atoms with E-state index in [1.807, 2.05) is 42.5 Å². The summed E-state index contributed by atoms with van der Waals surface area (Å²) in [4.78, 5) is 7.28. The molecule has 0 aliphatic rings. The molecule has 0 atom stereocenters. The van der Waals surface area contributed by atoms with Crippen molar-refractivity contribution < 1.29 is 8.83 Å². The summed E-state index contributed by atoms with van der Waals surface area (Å²) in [5.74, 6) is 0.565. The Bertz CT molecular complexity index is 2410. The summed E-state index contributed by atoms with van der Waals surface area (Å²) in [7, 11) is 0. The molecule has 0 unspecified atom stereocenters. The smallest absolute Gasteiger partial charge is 0.228 e. The van der Waals surface area contributed by atoms with E-state index in [9.17, 15) is 0 Å². The Morgan fingerprint density at radius 1 is 0.362 bits per heavy atom. The van der Waals surface area contributed by atoms with Crippen LogP contribution in [-0.4, -0.2) is 4.98 Å². The van der Waals surface area contributed by atoms with Crippen molar-refractivity contribution in [1.29, 1.82) is 0 Å². The molecule has 2 aromatic heterocycles. The van der Waals surface area contributed by atoms with Crippen LogP contribution in [0.1, 0.15) is 0 Å². The first-order valence-electron chi connectivity index (χ1n) is 15.7. The molecule has 4 nitrogen and oxygen atoms in total. The molecule has 222 valence electrons. The summed E-state index contributed by atoms with van der Waals surface area (Å²) in [6.07, 6.45) is 0. The Hall–Kier alpha value is -6.39. The standard InChI is InChI=1S/C43H28N2O2/c1-3-15-29(16-4-1)31-19-7-10-23-35(31)45(36-24-11-8-20-32(36)30-17-5-2-6-18-30)37-25-14-28-40-42(37)41-33(21-13-27-39(41)46-40)43-44-34-22-9-12-26-38(34)47-43/h1-28H. The zero-order valence-corrected chi connectivity index (χ0v) is 25.4. The van der Waals surface area contributed by atoms with Crippen molar-refractivity contribution in [2.24, 2.45) is 0 Å². The highest BCUT2D eigenvalue weighted by Gasteiger charge is 2.25. The molecule has 7 aromatic carbocycles.